The van der Waals surface area contributed by atoms with E-state index in [2.05, 4.69) is 25.0 Å². The van der Waals surface area contributed by atoms with Gasteiger partial charge in [0.05, 0.1) is 38.4 Å². The molecular weight excluding hydrogens is 366 g/mol. The van der Waals surface area contributed by atoms with Crippen LogP contribution in [0.25, 0.3) is 0 Å². The second kappa shape index (κ2) is 8.51. The zero-order valence-corrected chi connectivity index (χ0v) is 15.5. The summed E-state index contributed by atoms with van der Waals surface area (Å²) in [6.45, 7) is 0.383. The quantitative estimate of drug-likeness (QED) is 0.718. The van der Waals surface area contributed by atoms with E-state index >= 15 is 0 Å². The summed E-state index contributed by atoms with van der Waals surface area (Å²) in [6.07, 6.45) is 3.47. The van der Waals surface area contributed by atoms with Crippen LogP contribution in [-0.4, -0.2) is 64.6 Å². The number of rotatable bonds is 5. The fourth-order valence-corrected chi connectivity index (χ4v) is 3.15. The molecule has 3 rings (SSSR count). The Morgan fingerprint density at radius 3 is 2.79 bits per heavy atom. The van der Waals surface area contributed by atoms with Gasteiger partial charge >= 0.3 is 18.0 Å². The number of aromatic amines is 1. The number of carbonyl (C=O) groups is 3. The molecule has 0 spiro atoms. The Balaban J connectivity index is 1.86. The fraction of sp³-hybridized carbons (Fsp3) is 0.389. The number of amides is 2. The van der Waals surface area contributed by atoms with Crippen molar-refractivity contribution >= 4 is 18.0 Å². The number of hydrogen-bond donors (Lipinski definition) is 2. The molecule has 0 radical (unpaired) electrons. The number of hydrogen-bond acceptors (Lipinski definition) is 7. The molecule has 2 N–H and O–H groups in total. The SMILES string of the molecule is COC(=O)C[C@@H](NC(=O)N1CCc2[nH]cnc2[C@@H]1c1ccccn1)C(=O)OC. The average molecular weight is 387 g/mol. The Morgan fingerprint density at radius 1 is 1.29 bits per heavy atom. The summed E-state index contributed by atoms with van der Waals surface area (Å²) in [5, 5.41) is 2.57. The van der Waals surface area contributed by atoms with Crippen LogP contribution in [0.5, 0.6) is 0 Å². The second-order valence-electron chi connectivity index (χ2n) is 6.17. The first-order chi connectivity index (χ1) is 13.5. The number of aromatic nitrogens is 3. The van der Waals surface area contributed by atoms with Gasteiger partial charge in [0.1, 0.15) is 12.1 Å². The van der Waals surface area contributed by atoms with E-state index in [4.69, 9.17) is 4.74 Å². The van der Waals surface area contributed by atoms with Crippen LogP contribution >= 0.6 is 0 Å². The molecule has 28 heavy (non-hydrogen) atoms. The Kier molecular flexibility index (Phi) is 5.87. The average Bonchev–Trinajstić information content (AvgIpc) is 3.21. The van der Waals surface area contributed by atoms with Gasteiger partial charge in [0.15, 0.2) is 0 Å². The van der Waals surface area contributed by atoms with Gasteiger partial charge in [-0.25, -0.2) is 14.6 Å². The smallest absolute Gasteiger partial charge is 0.329 e. The van der Waals surface area contributed by atoms with Crippen molar-refractivity contribution in [1.29, 1.82) is 0 Å². The minimum Gasteiger partial charge on any atom is -0.469 e. The number of methoxy groups -OCH3 is 2. The third-order valence-corrected chi connectivity index (χ3v) is 4.54. The monoisotopic (exact) mass is 387 g/mol. The number of imidazole rings is 1. The first-order valence-electron chi connectivity index (χ1n) is 8.70. The van der Waals surface area contributed by atoms with Crippen molar-refractivity contribution in [3.05, 3.63) is 47.8 Å². The number of urea groups is 1. The number of pyridine rings is 1. The van der Waals surface area contributed by atoms with E-state index in [9.17, 15) is 14.4 Å². The van der Waals surface area contributed by atoms with Gasteiger partial charge in [-0.2, -0.15) is 0 Å². The molecule has 3 heterocycles. The molecule has 1 aliphatic rings. The highest BCUT2D eigenvalue weighted by Crippen LogP contribution is 2.32. The molecule has 10 heteroatoms. The molecule has 2 amide bonds. The number of nitrogens with zero attached hydrogens (tertiary/aromatic N) is 3. The van der Waals surface area contributed by atoms with Crippen molar-refractivity contribution in [3.63, 3.8) is 0 Å². The first kappa shape index (κ1) is 19.3. The van der Waals surface area contributed by atoms with Crippen molar-refractivity contribution in [1.82, 2.24) is 25.2 Å². The maximum atomic E-state index is 13.0. The molecule has 0 unspecified atom stereocenters. The summed E-state index contributed by atoms with van der Waals surface area (Å²) < 4.78 is 9.28. The van der Waals surface area contributed by atoms with Gasteiger partial charge in [-0.1, -0.05) is 6.07 Å². The predicted octanol–water partition coefficient (Wildman–Crippen LogP) is 0.567. The van der Waals surface area contributed by atoms with Crippen molar-refractivity contribution in [3.8, 4) is 0 Å². The molecule has 10 nitrogen and oxygen atoms in total. The molecule has 0 bridgehead atoms. The van der Waals surface area contributed by atoms with Gasteiger partial charge in [0.25, 0.3) is 0 Å². The van der Waals surface area contributed by atoms with E-state index in [1.54, 1.807) is 29.6 Å². The Morgan fingerprint density at radius 2 is 2.11 bits per heavy atom. The number of H-pyrrole nitrogens is 1. The predicted molar refractivity (Wildman–Crippen MR) is 96.0 cm³/mol. The lowest BCUT2D eigenvalue weighted by Crippen LogP contribution is -2.52. The Hall–Kier alpha value is -3.43. The molecular formula is C18H21N5O5. The summed E-state index contributed by atoms with van der Waals surface area (Å²) in [7, 11) is 2.39. The van der Waals surface area contributed by atoms with Gasteiger partial charge in [-0.3, -0.25) is 9.78 Å². The van der Waals surface area contributed by atoms with E-state index in [-0.39, 0.29) is 6.42 Å². The van der Waals surface area contributed by atoms with E-state index in [0.29, 0.717) is 24.4 Å². The summed E-state index contributed by atoms with van der Waals surface area (Å²) in [4.78, 5) is 49.9. The molecule has 2 atom stereocenters. The Labute approximate surface area is 161 Å². The van der Waals surface area contributed by atoms with Crippen molar-refractivity contribution in [2.75, 3.05) is 20.8 Å². The zero-order chi connectivity index (χ0) is 20.1. The summed E-state index contributed by atoms with van der Waals surface area (Å²) in [5.41, 5.74) is 2.27. The second-order valence-corrected chi connectivity index (χ2v) is 6.17. The minimum absolute atomic E-state index is 0.329. The number of fused-ring (bicyclic) bond motifs is 1. The van der Waals surface area contributed by atoms with Gasteiger partial charge < -0.3 is 24.7 Å². The lowest BCUT2D eigenvalue weighted by atomic mass is 9.99. The van der Waals surface area contributed by atoms with Crippen molar-refractivity contribution in [2.45, 2.75) is 24.9 Å². The number of esters is 2. The van der Waals surface area contributed by atoms with Crippen LogP contribution in [0.2, 0.25) is 0 Å². The highest BCUT2D eigenvalue weighted by Gasteiger charge is 2.37. The van der Waals surface area contributed by atoms with Crippen molar-refractivity contribution < 1.29 is 23.9 Å². The molecule has 2 aromatic rings. The van der Waals surface area contributed by atoms with Gasteiger partial charge in [0.2, 0.25) is 0 Å². The van der Waals surface area contributed by atoms with E-state index in [1.807, 2.05) is 6.07 Å². The van der Waals surface area contributed by atoms with Gasteiger partial charge in [0, 0.05) is 24.9 Å². The molecule has 0 saturated carbocycles. The summed E-state index contributed by atoms with van der Waals surface area (Å²) >= 11 is 0. The molecule has 0 fully saturated rings. The van der Waals surface area contributed by atoms with Gasteiger partial charge in [-0.15, -0.1) is 0 Å². The van der Waals surface area contributed by atoms with E-state index < -0.39 is 30.1 Å². The maximum absolute atomic E-state index is 13.0. The minimum atomic E-state index is -1.16. The third-order valence-electron chi connectivity index (χ3n) is 4.54. The van der Waals surface area contributed by atoms with Crippen LogP contribution in [0.1, 0.15) is 29.5 Å². The van der Waals surface area contributed by atoms with E-state index in [0.717, 1.165) is 5.69 Å². The first-order valence-corrected chi connectivity index (χ1v) is 8.70. The maximum Gasteiger partial charge on any atom is 0.329 e. The number of nitrogens with one attached hydrogen (secondary N) is 2. The van der Waals surface area contributed by atoms with Crippen LogP contribution in [0.15, 0.2) is 30.7 Å². The molecule has 148 valence electrons. The molecule has 0 saturated heterocycles. The standard InChI is InChI=1S/C18H21N5O5/c1-27-14(24)9-13(17(25)28-2)22-18(26)23-8-6-11-15(21-10-20-11)16(23)12-5-3-4-7-19-12/h3-5,7,10,13,16H,6,8-9H2,1-2H3,(H,20,21)(H,22,26)/t13-,16+/m1/s1. The van der Waals surface area contributed by atoms with Crippen LogP contribution in [0, 0.1) is 0 Å². The highest BCUT2D eigenvalue weighted by atomic mass is 16.5. The van der Waals surface area contributed by atoms with Gasteiger partial charge in [-0.05, 0) is 12.1 Å². The number of ether oxygens (including phenoxy) is 2. The summed E-state index contributed by atoms with van der Waals surface area (Å²) in [6, 6.07) is 3.21. The topological polar surface area (TPSA) is 127 Å². The fourth-order valence-electron chi connectivity index (χ4n) is 3.15. The largest absolute Gasteiger partial charge is 0.469 e. The lowest BCUT2D eigenvalue weighted by Gasteiger charge is -2.35. The normalized spacial score (nSPS) is 16.6. The Bertz CT molecular complexity index is 853. The molecule has 0 aliphatic carbocycles. The van der Waals surface area contributed by atoms with Crippen LogP contribution < -0.4 is 5.32 Å². The molecule has 0 aromatic carbocycles. The van der Waals surface area contributed by atoms with Crippen molar-refractivity contribution in [2.24, 2.45) is 0 Å². The zero-order valence-electron chi connectivity index (χ0n) is 15.5. The molecule has 1 aliphatic heterocycles. The third kappa shape index (κ3) is 3.95. The number of carbonyl (C=O) groups excluding carboxylic acids is 3. The van der Waals surface area contributed by atoms with E-state index in [1.165, 1.54) is 14.2 Å². The molecule has 2 aromatic heterocycles. The van der Waals surface area contributed by atoms with Crippen LogP contribution in [-0.2, 0) is 25.5 Å². The van der Waals surface area contributed by atoms with Crippen LogP contribution in [0.3, 0.4) is 0 Å². The highest BCUT2D eigenvalue weighted by molar-refractivity contribution is 5.87. The van der Waals surface area contributed by atoms with Crippen LogP contribution in [0.4, 0.5) is 4.79 Å². The lowest BCUT2D eigenvalue weighted by molar-refractivity contribution is -0.149. The summed E-state index contributed by atoms with van der Waals surface area (Å²) in [5.74, 6) is -1.36.